The summed E-state index contributed by atoms with van der Waals surface area (Å²) < 4.78 is 0. The number of rotatable bonds is 5. The van der Waals surface area contributed by atoms with Crippen molar-refractivity contribution in [1.29, 1.82) is 0 Å². The van der Waals surface area contributed by atoms with Gasteiger partial charge in [0, 0.05) is 11.2 Å². The van der Waals surface area contributed by atoms with Crippen LogP contribution in [0.2, 0.25) is 0 Å². The molecule has 0 saturated heterocycles. The molecule has 0 unspecified atom stereocenters. The summed E-state index contributed by atoms with van der Waals surface area (Å²) in [5.74, 6) is 0.0736. The lowest BCUT2D eigenvalue weighted by Gasteiger charge is -2.27. The zero-order valence-electron chi connectivity index (χ0n) is 11.5. The molecule has 1 aromatic rings. The number of hydrogen-bond acceptors (Lipinski definition) is 4. The maximum atomic E-state index is 11.5. The van der Waals surface area contributed by atoms with E-state index in [4.69, 9.17) is 11.5 Å². The van der Waals surface area contributed by atoms with E-state index in [1.165, 1.54) is 0 Å². The summed E-state index contributed by atoms with van der Waals surface area (Å²) in [4.78, 5) is 15.9. The number of anilines is 1. The van der Waals surface area contributed by atoms with Gasteiger partial charge in [-0.1, -0.05) is 0 Å². The van der Waals surface area contributed by atoms with Gasteiger partial charge in [0.15, 0.2) is 0 Å². The first-order valence-corrected chi connectivity index (χ1v) is 6.03. The third kappa shape index (κ3) is 3.43. The summed E-state index contributed by atoms with van der Waals surface area (Å²) >= 11 is 0. The Labute approximate surface area is 108 Å². The largest absolute Gasteiger partial charge is 0.365 e. The molecule has 0 atom stereocenters. The van der Waals surface area contributed by atoms with E-state index in [-0.39, 0.29) is 5.54 Å². The molecular formula is C13H22N4O. The van der Waals surface area contributed by atoms with E-state index in [0.29, 0.717) is 17.9 Å². The molecule has 0 bridgehead atoms. The Bertz CT molecular complexity index is 455. The Balaban J connectivity index is 3.19. The molecule has 0 spiro atoms. The van der Waals surface area contributed by atoms with Crippen LogP contribution >= 0.6 is 0 Å². The Morgan fingerprint density at radius 2 is 2.06 bits per heavy atom. The predicted molar refractivity (Wildman–Crippen MR) is 73.6 cm³/mol. The van der Waals surface area contributed by atoms with Gasteiger partial charge in [-0.05, 0) is 52.3 Å². The van der Waals surface area contributed by atoms with Crippen molar-refractivity contribution in [2.75, 3.05) is 11.9 Å². The summed E-state index contributed by atoms with van der Waals surface area (Å²) in [6.07, 6.45) is 0.778. The number of amides is 1. The van der Waals surface area contributed by atoms with Crippen LogP contribution in [0, 0.1) is 13.8 Å². The van der Waals surface area contributed by atoms with Gasteiger partial charge < -0.3 is 16.8 Å². The summed E-state index contributed by atoms with van der Waals surface area (Å²) in [6, 6.07) is 1.85. The molecule has 1 aromatic heterocycles. The maximum absolute atomic E-state index is 11.5. The van der Waals surface area contributed by atoms with Crippen molar-refractivity contribution in [3.63, 3.8) is 0 Å². The number of carbonyl (C=O) groups excluding carboxylic acids is 1. The number of hydrogen-bond donors (Lipinski definition) is 3. The third-order valence-electron chi connectivity index (χ3n) is 2.82. The molecule has 100 valence electrons. The number of aryl methyl sites for hydroxylation is 2. The third-order valence-corrected chi connectivity index (χ3v) is 2.82. The van der Waals surface area contributed by atoms with Gasteiger partial charge in [0.05, 0.1) is 5.56 Å². The number of carbonyl (C=O) groups is 1. The van der Waals surface area contributed by atoms with Crippen LogP contribution in [0.25, 0.3) is 0 Å². The zero-order chi connectivity index (χ0) is 13.9. The van der Waals surface area contributed by atoms with Crippen LogP contribution < -0.4 is 16.8 Å². The van der Waals surface area contributed by atoms with Crippen molar-refractivity contribution >= 4 is 11.7 Å². The minimum absolute atomic E-state index is 0.230. The smallest absolute Gasteiger partial charge is 0.252 e. The van der Waals surface area contributed by atoms with Gasteiger partial charge in [-0.15, -0.1) is 0 Å². The predicted octanol–water partition coefficient (Wildman–Crippen LogP) is 1.34. The van der Waals surface area contributed by atoms with Crippen molar-refractivity contribution in [1.82, 2.24) is 4.98 Å². The van der Waals surface area contributed by atoms with Crippen molar-refractivity contribution in [2.45, 2.75) is 39.7 Å². The van der Waals surface area contributed by atoms with Gasteiger partial charge in [-0.3, -0.25) is 4.79 Å². The molecule has 1 heterocycles. The number of nitrogens with two attached hydrogens (primary N) is 2. The van der Waals surface area contributed by atoms with E-state index in [1.807, 2.05) is 33.8 Å². The molecule has 0 aliphatic heterocycles. The molecule has 0 saturated carbocycles. The first kappa shape index (κ1) is 14.4. The average Bonchev–Trinajstić information content (AvgIpc) is 2.13. The number of nitrogens with zero attached hydrogens (tertiary/aromatic N) is 1. The lowest BCUT2D eigenvalue weighted by atomic mass is 9.99. The SMILES string of the molecule is Cc1cc(C)c(C(N)=O)c(NC(C)(C)CCN)n1. The quantitative estimate of drug-likeness (QED) is 0.735. The van der Waals surface area contributed by atoms with Crippen molar-refractivity contribution in [3.8, 4) is 0 Å². The minimum Gasteiger partial charge on any atom is -0.365 e. The Hall–Kier alpha value is -1.62. The summed E-state index contributed by atoms with van der Waals surface area (Å²) in [7, 11) is 0. The van der Waals surface area contributed by atoms with Crippen LogP contribution in [0.1, 0.15) is 41.9 Å². The van der Waals surface area contributed by atoms with Crippen LogP contribution in [0.4, 0.5) is 5.82 Å². The summed E-state index contributed by atoms with van der Waals surface area (Å²) in [5, 5.41) is 3.26. The van der Waals surface area contributed by atoms with Crippen molar-refractivity contribution in [2.24, 2.45) is 11.5 Å². The number of primary amides is 1. The molecule has 0 aromatic carbocycles. The number of aromatic nitrogens is 1. The summed E-state index contributed by atoms with van der Waals surface area (Å²) in [5.41, 5.74) is 12.9. The van der Waals surface area contributed by atoms with Crippen LogP contribution in [0.15, 0.2) is 6.07 Å². The normalized spacial score (nSPS) is 11.4. The van der Waals surface area contributed by atoms with E-state index >= 15 is 0 Å². The first-order valence-electron chi connectivity index (χ1n) is 6.03. The molecule has 0 aliphatic carbocycles. The number of pyridine rings is 1. The maximum Gasteiger partial charge on any atom is 0.252 e. The molecule has 0 aliphatic rings. The second kappa shape index (κ2) is 5.35. The topological polar surface area (TPSA) is 94.0 Å². The monoisotopic (exact) mass is 250 g/mol. The van der Waals surface area contributed by atoms with Gasteiger partial charge in [-0.2, -0.15) is 0 Å². The highest BCUT2D eigenvalue weighted by molar-refractivity contribution is 5.99. The molecule has 5 heteroatoms. The molecule has 18 heavy (non-hydrogen) atoms. The highest BCUT2D eigenvalue weighted by atomic mass is 16.1. The van der Waals surface area contributed by atoms with Crippen molar-refractivity contribution < 1.29 is 4.79 Å². The molecular weight excluding hydrogens is 228 g/mol. The first-order chi connectivity index (χ1) is 8.26. The zero-order valence-corrected chi connectivity index (χ0v) is 11.5. The standard InChI is InChI=1S/C13H22N4O/c1-8-7-9(2)16-12(10(8)11(15)18)17-13(3,4)5-6-14/h7H,5-6,14H2,1-4H3,(H2,15,18)(H,16,17). The second-order valence-corrected chi connectivity index (χ2v) is 5.22. The summed E-state index contributed by atoms with van der Waals surface area (Å²) in [6.45, 7) is 8.35. The van der Waals surface area contributed by atoms with Crippen LogP contribution in [-0.4, -0.2) is 23.0 Å². The fourth-order valence-corrected chi connectivity index (χ4v) is 1.98. The van der Waals surface area contributed by atoms with Crippen LogP contribution in [0.5, 0.6) is 0 Å². The van der Waals surface area contributed by atoms with E-state index < -0.39 is 5.91 Å². The molecule has 0 fully saturated rings. The van der Waals surface area contributed by atoms with E-state index in [1.54, 1.807) is 0 Å². The Morgan fingerprint density at radius 3 is 2.56 bits per heavy atom. The van der Waals surface area contributed by atoms with Gasteiger partial charge in [0.1, 0.15) is 5.82 Å². The van der Waals surface area contributed by atoms with Crippen LogP contribution in [-0.2, 0) is 0 Å². The van der Waals surface area contributed by atoms with E-state index in [2.05, 4.69) is 10.3 Å². The highest BCUT2D eigenvalue weighted by Gasteiger charge is 2.21. The Kier molecular flexibility index (Phi) is 4.29. The van der Waals surface area contributed by atoms with E-state index in [0.717, 1.165) is 17.7 Å². The van der Waals surface area contributed by atoms with Gasteiger partial charge in [0.2, 0.25) is 0 Å². The lowest BCUT2D eigenvalue weighted by Crippen LogP contribution is -2.35. The second-order valence-electron chi connectivity index (χ2n) is 5.22. The molecule has 1 amide bonds. The molecule has 0 radical (unpaired) electrons. The highest BCUT2D eigenvalue weighted by Crippen LogP contribution is 2.23. The lowest BCUT2D eigenvalue weighted by molar-refractivity contribution is 0.1000. The molecule has 1 rings (SSSR count). The fourth-order valence-electron chi connectivity index (χ4n) is 1.98. The minimum atomic E-state index is -0.467. The van der Waals surface area contributed by atoms with Crippen molar-refractivity contribution in [3.05, 3.63) is 22.9 Å². The van der Waals surface area contributed by atoms with Gasteiger partial charge >= 0.3 is 0 Å². The molecule has 5 nitrogen and oxygen atoms in total. The fraction of sp³-hybridized carbons (Fsp3) is 0.538. The molecule has 5 N–H and O–H groups in total. The average molecular weight is 250 g/mol. The van der Waals surface area contributed by atoms with E-state index in [9.17, 15) is 4.79 Å². The van der Waals surface area contributed by atoms with Crippen LogP contribution in [0.3, 0.4) is 0 Å². The van der Waals surface area contributed by atoms with Gasteiger partial charge in [0.25, 0.3) is 5.91 Å². The number of nitrogens with one attached hydrogen (secondary N) is 1. The Morgan fingerprint density at radius 1 is 1.44 bits per heavy atom. The van der Waals surface area contributed by atoms with Gasteiger partial charge in [-0.25, -0.2) is 4.98 Å².